The van der Waals surface area contributed by atoms with Crippen molar-refractivity contribution in [3.05, 3.63) is 81.0 Å². The first-order valence-corrected chi connectivity index (χ1v) is 10.2. The van der Waals surface area contributed by atoms with Crippen molar-refractivity contribution in [3.63, 3.8) is 0 Å². The molecule has 0 spiro atoms. The van der Waals surface area contributed by atoms with Gasteiger partial charge >= 0.3 is 0 Å². The first-order chi connectivity index (χ1) is 13.5. The molecule has 4 aromatic rings. The normalized spacial score (nSPS) is 10.9. The second-order valence-electron chi connectivity index (χ2n) is 6.52. The molecule has 0 aliphatic heterocycles. The third-order valence-corrected chi connectivity index (χ3v) is 5.78. The number of aromatic amines is 2. The Balaban J connectivity index is 0.00000160. The monoisotopic (exact) mass is 572 g/mol. The molecule has 0 radical (unpaired) electrons. The SMILES string of the molecule is Cl.Cl.NCC(N)(c1cc(-c2ccc(Br)cc2)n[nH]1)c1cc(-c2ccc(Br)cc2)n[nH]1. The Morgan fingerprint density at radius 3 is 1.43 bits per heavy atom. The van der Waals surface area contributed by atoms with Gasteiger partial charge in [-0.05, 0) is 36.4 Å². The summed E-state index contributed by atoms with van der Waals surface area (Å²) in [6.45, 7) is 0.191. The lowest BCUT2D eigenvalue weighted by Gasteiger charge is -2.24. The zero-order valence-corrected chi connectivity index (χ0v) is 20.4. The predicted molar refractivity (Wildman–Crippen MR) is 132 cm³/mol. The van der Waals surface area contributed by atoms with Crippen molar-refractivity contribution in [1.29, 1.82) is 0 Å². The molecule has 6 nitrogen and oxygen atoms in total. The van der Waals surface area contributed by atoms with Gasteiger partial charge in [0.05, 0.1) is 22.8 Å². The Kier molecular flexibility index (Phi) is 8.27. The second kappa shape index (κ2) is 10.1. The van der Waals surface area contributed by atoms with Crippen LogP contribution in [-0.4, -0.2) is 26.9 Å². The summed E-state index contributed by atoms with van der Waals surface area (Å²) in [5, 5.41) is 14.9. The zero-order chi connectivity index (χ0) is 19.7. The second-order valence-corrected chi connectivity index (χ2v) is 8.35. The Morgan fingerprint density at radius 2 is 1.10 bits per heavy atom. The molecule has 0 amide bonds. The van der Waals surface area contributed by atoms with Crippen molar-refractivity contribution >= 4 is 56.7 Å². The maximum Gasteiger partial charge on any atom is 0.112 e. The van der Waals surface area contributed by atoms with Crippen molar-refractivity contribution < 1.29 is 0 Å². The summed E-state index contributed by atoms with van der Waals surface area (Å²) in [7, 11) is 0. The molecule has 158 valence electrons. The lowest BCUT2D eigenvalue weighted by molar-refractivity contribution is 0.515. The van der Waals surface area contributed by atoms with Gasteiger partial charge in [-0.1, -0.05) is 56.1 Å². The van der Waals surface area contributed by atoms with Gasteiger partial charge < -0.3 is 11.5 Å². The van der Waals surface area contributed by atoms with Gasteiger partial charge in [-0.2, -0.15) is 10.2 Å². The number of nitrogens with zero attached hydrogens (tertiary/aromatic N) is 2. The van der Waals surface area contributed by atoms with Crippen molar-refractivity contribution in [2.45, 2.75) is 5.54 Å². The highest BCUT2D eigenvalue weighted by molar-refractivity contribution is 9.10. The van der Waals surface area contributed by atoms with Crippen molar-refractivity contribution in [1.82, 2.24) is 20.4 Å². The standard InChI is InChI=1S/C20H18Br2N6.2ClH/c21-14-5-1-12(2-6-14)16-9-18(27-25-16)20(24,11-23)19-10-17(26-28-19)13-3-7-15(22)8-4-13;;/h1-10H,11,23-24H2,(H,25,27)(H,26,28);2*1H. The molecule has 6 N–H and O–H groups in total. The van der Waals surface area contributed by atoms with Crippen LogP contribution in [0.5, 0.6) is 0 Å². The first-order valence-electron chi connectivity index (χ1n) is 8.62. The van der Waals surface area contributed by atoms with E-state index in [2.05, 4.69) is 52.3 Å². The Labute approximate surface area is 203 Å². The van der Waals surface area contributed by atoms with Crippen LogP contribution in [0.2, 0.25) is 0 Å². The van der Waals surface area contributed by atoms with Gasteiger partial charge in [0, 0.05) is 26.6 Å². The molecule has 2 aromatic carbocycles. The maximum absolute atomic E-state index is 6.69. The quantitative estimate of drug-likeness (QED) is 0.269. The molecule has 0 aliphatic rings. The number of hydrogen-bond donors (Lipinski definition) is 4. The third kappa shape index (κ3) is 4.80. The van der Waals surface area contributed by atoms with Gasteiger partial charge in [0.1, 0.15) is 5.54 Å². The van der Waals surface area contributed by atoms with Crippen molar-refractivity contribution in [2.75, 3.05) is 6.54 Å². The summed E-state index contributed by atoms with van der Waals surface area (Å²) in [5.74, 6) is 0. The summed E-state index contributed by atoms with van der Waals surface area (Å²) in [5.41, 5.74) is 16.8. The molecule has 30 heavy (non-hydrogen) atoms. The predicted octanol–water partition coefficient (Wildman–Crippen LogP) is 5.00. The van der Waals surface area contributed by atoms with Crippen LogP contribution >= 0.6 is 56.7 Å². The van der Waals surface area contributed by atoms with E-state index < -0.39 is 5.54 Å². The van der Waals surface area contributed by atoms with Crippen molar-refractivity contribution in [2.24, 2.45) is 11.5 Å². The van der Waals surface area contributed by atoms with Crippen LogP contribution in [-0.2, 0) is 5.54 Å². The number of aromatic nitrogens is 4. The van der Waals surface area contributed by atoms with E-state index in [-0.39, 0.29) is 31.4 Å². The van der Waals surface area contributed by atoms with E-state index in [1.165, 1.54) is 0 Å². The fraction of sp³-hybridized carbons (Fsp3) is 0.100. The molecule has 0 fully saturated rings. The number of halogens is 4. The maximum atomic E-state index is 6.69. The van der Waals surface area contributed by atoms with Crippen LogP contribution in [0.25, 0.3) is 22.5 Å². The number of hydrogen-bond acceptors (Lipinski definition) is 4. The van der Waals surface area contributed by atoms with Gasteiger partial charge in [-0.15, -0.1) is 24.8 Å². The van der Waals surface area contributed by atoms with E-state index in [4.69, 9.17) is 11.5 Å². The van der Waals surface area contributed by atoms with E-state index in [1.807, 2.05) is 60.7 Å². The summed E-state index contributed by atoms with van der Waals surface area (Å²) >= 11 is 6.89. The fourth-order valence-corrected chi connectivity index (χ4v) is 3.53. The molecule has 0 saturated heterocycles. The largest absolute Gasteiger partial charge is 0.328 e. The van der Waals surface area contributed by atoms with Crippen LogP contribution in [0.15, 0.2) is 69.6 Å². The highest BCUT2D eigenvalue weighted by atomic mass is 79.9. The Hall–Kier alpha value is -1.68. The van der Waals surface area contributed by atoms with E-state index >= 15 is 0 Å². The molecule has 2 aromatic heterocycles. The highest BCUT2D eigenvalue weighted by Gasteiger charge is 2.33. The summed E-state index contributed by atoms with van der Waals surface area (Å²) in [4.78, 5) is 0. The minimum atomic E-state index is -0.957. The molecule has 0 bridgehead atoms. The minimum Gasteiger partial charge on any atom is -0.328 e. The average molecular weight is 575 g/mol. The molecule has 0 aliphatic carbocycles. The molecule has 0 saturated carbocycles. The van der Waals surface area contributed by atoms with Gasteiger partial charge in [0.2, 0.25) is 0 Å². The van der Waals surface area contributed by atoms with Crippen LogP contribution in [0, 0.1) is 0 Å². The third-order valence-electron chi connectivity index (χ3n) is 4.72. The first kappa shape index (κ1) is 24.6. The van der Waals surface area contributed by atoms with Gasteiger partial charge in [0.25, 0.3) is 0 Å². The van der Waals surface area contributed by atoms with Crippen LogP contribution < -0.4 is 11.5 Å². The fourth-order valence-electron chi connectivity index (χ4n) is 3.00. The van der Waals surface area contributed by atoms with Crippen LogP contribution in [0.4, 0.5) is 0 Å². The number of H-pyrrole nitrogens is 2. The van der Waals surface area contributed by atoms with Crippen molar-refractivity contribution in [3.8, 4) is 22.5 Å². The molecule has 2 heterocycles. The Bertz CT molecular complexity index is 1010. The Morgan fingerprint density at radius 1 is 0.733 bits per heavy atom. The number of nitrogens with one attached hydrogen (secondary N) is 2. The lowest BCUT2D eigenvalue weighted by atomic mass is 9.91. The molecule has 0 atom stereocenters. The molecule has 4 rings (SSSR count). The highest BCUT2D eigenvalue weighted by Crippen LogP contribution is 2.30. The van der Waals surface area contributed by atoms with Crippen LogP contribution in [0.3, 0.4) is 0 Å². The van der Waals surface area contributed by atoms with Gasteiger partial charge in [-0.3, -0.25) is 10.2 Å². The van der Waals surface area contributed by atoms with E-state index in [0.717, 1.165) is 42.8 Å². The summed E-state index contributed by atoms with van der Waals surface area (Å²) in [6, 6.07) is 19.7. The van der Waals surface area contributed by atoms with Crippen LogP contribution in [0.1, 0.15) is 11.4 Å². The average Bonchev–Trinajstić information content (AvgIpc) is 3.39. The van der Waals surface area contributed by atoms with Gasteiger partial charge in [-0.25, -0.2) is 0 Å². The topological polar surface area (TPSA) is 109 Å². The van der Waals surface area contributed by atoms with E-state index in [0.29, 0.717) is 0 Å². The summed E-state index contributed by atoms with van der Waals surface area (Å²) < 4.78 is 2.03. The minimum absolute atomic E-state index is 0. The summed E-state index contributed by atoms with van der Waals surface area (Å²) in [6.07, 6.45) is 0. The molecular weight excluding hydrogens is 555 g/mol. The van der Waals surface area contributed by atoms with Gasteiger partial charge in [0.15, 0.2) is 0 Å². The molecule has 0 unspecified atom stereocenters. The zero-order valence-electron chi connectivity index (χ0n) is 15.6. The van der Waals surface area contributed by atoms with E-state index in [1.54, 1.807) is 0 Å². The molecular formula is C20H20Br2Cl2N6. The number of benzene rings is 2. The lowest BCUT2D eigenvalue weighted by Crippen LogP contribution is -2.45. The molecule has 10 heteroatoms. The van der Waals surface area contributed by atoms with E-state index in [9.17, 15) is 0 Å². The smallest absolute Gasteiger partial charge is 0.112 e. The number of nitrogens with two attached hydrogens (primary N) is 2. The number of rotatable bonds is 5.